The number of nitrogens with zero attached hydrogens (tertiary/aromatic N) is 2. The molecule has 3 nitrogen and oxygen atoms in total. The van der Waals surface area contributed by atoms with Crippen molar-refractivity contribution in [3.8, 4) is 27.9 Å². The van der Waals surface area contributed by atoms with Gasteiger partial charge in [-0.1, -0.05) is 140 Å². The van der Waals surface area contributed by atoms with Gasteiger partial charge >= 0.3 is 0 Å². The summed E-state index contributed by atoms with van der Waals surface area (Å²) in [6.07, 6.45) is 0. The Balaban J connectivity index is 1.15. The molecule has 0 bridgehead atoms. The standard InChI is InChI=1S/C54H34N2OS/c1-3-14-35(15-4-1)37-26-28-45-52(32-37)58-54-41(36-16-5-2-6-17-36)29-30-49(53(45)54)55(40-27-31-51-46(34-40)44-22-9-12-25-50(44)57-51)38-18-13-19-39(33-38)56-47-23-10-7-20-42(47)43-21-8-11-24-48(43)56/h1-34H. The first-order valence-corrected chi connectivity index (χ1v) is 20.5. The molecule has 0 saturated carbocycles. The quantitative estimate of drug-likeness (QED) is 0.168. The van der Waals surface area contributed by atoms with Gasteiger partial charge in [0.2, 0.25) is 0 Å². The maximum atomic E-state index is 6.36. The number of thiophene rings is 1. The van der Waals surface area contributed by atoms with E-state index in [0.717, 1.165) is 44.7 Å². The number of hydrogen-bond acceptors (Lipinski definition) is 3. The maximum absolute atomic E-state index is 6.36. The summed E-state index contributed by atoms with van der Waals surface area (Å²) in [5, 5.41) is 7.17. The van der Waals surface area contributed by atoms with E-state index < -0.39 is 0 Å². The SMILES string of the molecule is c1ccc(-c2ccc3c(c2)sc2c(-c4ccccc4)ccc(N(c4cccc(-n5c6ccccc6c6ccccc65)c4)c4ccc5oc6ccccc6c5c4)c23)cc1. The van der Waals surface area contributed by atoms with Crippen LogP contribution >= 0.6 is 11.3 Å². The fraction of sp³-hybridized carbons (Fsp3) is 0. The number of benzene rings is 9. The van der Waals surface area contributed by atoms with E-state index >= 15 is 0 Å². The molecule has 0 N–H and O–H groups in total. The van der Waals surface area contributed by atoms with Crippen LogP contribution in [-0.2, 0) is 0 Å². The molecule has 0 fully saturated rings. The minimum absolute atomic E-state index is 0.878. The predicted octanol–water partition coefficient (Wildman–Crippen LogP) is 15.9. The van der Waals surface area contributed by atoms with Gasteiger partial charge in [0, 0.05) is 58.8 Å². The number of hydrogen-bond donors (Lipinski definition) is 0. The van der Waals surface area contributed by atoms with E-state index in [0.29, 0.717) is 0 Å². The van der Waals surface area contributed by atoms with Gasteiger partial charge in [-0.2, -0.15) is 0 Å². The molecule has 0 aliphatic rings. The van der Waals surface area contributed by atoms with Crippen LogP contribution in [0.15, 0.2) is 211 Å². The number of rotatable bonds is 6. The Hall–Kier alpha value is -7.40. The van der Waals surface area contributed by atoms with Crippen LogP contribution in [0.3, 0.4) is 0 Å². The molecule has 0 aliphatic heterocycles. The van der Waals surface area contributed by atoms with Crippen LogP contribution in [0.25, 0.3) is 91.9 Å². The molecular formula is C54H34N2OS. The third-order valence-electron chi connectivity index (χ3n) is 11.6. The van der Waals surface area contributed by atoms with E-state index in [1.165, 1.54) is 64.2 Å². The molecule has 12 aromatic rings. The van der Waals surface area contributed by atoms with Gasteiger partial charge in [-0.05, 0) is 89.0 Å². The molecular weight excluding hydrogens is 725 g/mol. The average Bonchev–Trinajstić information content (AvgIpc) is 3.97. The molecule has 272 valence electrons. The zero-order valence-electron chi connectivity index (χ0n) is 31.3. The van der Waals surface area contributed by atoms with Crippen molar-refractivity contribution in [2.24, 2.45) is 0 Å². The molecule has 0 saturated heterocycles. The number of furan rings is 1. The maximum Gasteiger partial charge on any atom is 0.135 e. The number of aromatic nitrogens is 1. The van der Waals surface area contributed by atoms with Gasteiger partial charge in [0.05, 0.1) is 16.7 Å². The van der Waals surface area contributed by atoms with Crippen LogP contribution in [0.2, 0.25) is 0 Å². The lowest BCUT2D eigenvalue weighted by Gasteiger charge is -2.27. The molecule has 4 heteroatoms. The summed E-state index contributed by atoms with van der Waals surface area (Å²) in [4.78, 5) is 2.45. The van der Waals surface area contributed by atoms with E-state index in [1.54, 1.807) is 0 Å². The number of fused-ring (bicyclic) bond motifs is 9. The lowest BCUT2D eigenvalue weighted by atomic mass is 9.98. The molecule has 0 unspecified atom stereocenters. The van der Waals surface area contributed by atoms with E-state index in [-0.39, 0.29) is 0 Å². The highest BCUT2D eigenvalue weighted by molar-refractivity contribution is 7.26. The summed E-state index contributed by atoms with van der Waals surface area (Å²) >= 11 is 1.88. The van der Waals surface area contributed by atoms with Crippen molar-refractivity contribution in [1.29, 1.82) is 0 Å². The summed E-state index contributed by atoms with van der Waals surface area (Å²) in [5.74, 6) is 0. The van der Waals surface area contributed by atoms with E-state index in [1.807, 2.05) is 17.4 Å². The van der Waals surface area contributed by atoms with Crippen molar-refractivity contribution in [3.63, 3.8) is 0 Å². The molecule has 0 atom stereocenters. The second kappa shape index (κ2) is 13.1. The van der Waals surface area contributed by atoms with E-state index in [4.69, 9.17) is 4.42 Å². The van der Waals surface area contributed by atoms with Crippen molar-refractivity contribution in [1.82, 2.24) is 4.57 Å². The van der Waals surface area contributed by atoms with Gasteiger partial charge in [0.25, 0.3) is 0 Å². The van der Waals surface area contributed by atoms with Gasteiger partial charge in [0.1, 0.15) is 11.2 Å². The number of anilines is 3. The highest BCUT2D eigenvalue weighted by Crippen LogP contribution is 2.50. The highest BCUT2D eigenvalue weighted by atomic mass is 32.1. The Bertz CT molecular complexity index is 3470. The second-order valence-electron chi connectivity index (χ2n) is 14.9. The Morgan fingerprint density at radius 3 is 1.84 bits per heavy atom. The summed E-state index contributed by atoms with van der Waals surface area (Å²) < 4.78 is 11.3. The Kier molecular flexibility index (Phi) is 7.40. The van der Waals surface area contributed by atoms with E-state index in [9.17, 15) is 0 Å². The predicted molar refractivity (Wildman–Crippen MR) is 247 cm³/mol. The molecule has 0 aliphatic carbocycles. The van der Waals surface area contributed by atoms with Crippen LogP contribution < -0.4 is 4.90 Å². The summed E-state index contributed by atoms with van der Waals surface area (Å²) in [6, 6.07) is 74.5. The van der Waals surface area contributed by atoms with Crippen molar-refractivity contribution in [3.05, 3.63) is 206 Å². The zero-order valence-corrected chi connectivity index (χ0v) is 32.2. The molecule has 0 amide bonds. The largest absolute Gasteiger partial charge is 0.456 e. The summed E-state index contributed by atoms with van der Waals surface area (Å²) in [7, 11) is 0. The molecule has 3 heterocycles. The van der Waals surface area contributed by atoms with Gasteiger partial charge in [0.15, 0.2) is 0 Å². The lowest BCUT2D eigenvalue weighted by Crippen LogP contribution is -2.11. The fourth-order valence-corrected chi connectivity index (χ4v) is 10.3. The van der Waals surface area contributed by atoms with Crippen LogP contribution in [0, 0.1) is 0 Å². The van der Waals surface area contributed by atoms with Crippen molar-refractivity contribution in [2.45, 2.75) is 0 Å². The molecule has 9 aromatic carbocycles. The van der Waals surface area contributed by atoms with Crippen molar-refractivity contribution in [2.75, 3.05) is 4.90 Å². The van der Waals surface area contributed by atoms with Gasteiger partial charge in [-0.3, -0.25) is 0 Å². The van der Waals surface area contributed by atoms with Crippen LogP contribution in [0.5, 0.6) is 0 Å². The van der Waals surface area contributed by atoms with Crippen LogP contribution in [0.1, 0.15) is 0 Å². The van der Waals surface area contributed by atoms with Gasteiger partial charge in [-0.15, -0.1) is 11.3 Å². The lowest BCUT2D eigenvalue weighted by molar-refractivity contribution is 0.669. The normalized spacial score (nSPS) is 11.8. The zero-order chi connectivity index (χ0) is 38.2. The van der Waals surface area contributed by atoms with Crippen LogP contribution in [0.4, 0.5) is 17.1 Å². The summed E-state index contributed by atoms with van der Waals surface area (Å²) in [6.45, 7) is 0. The highest BCUT2D eigenvalue weighted by Gasteiger charge is 2.23. The smallest absolute Gasteiger partial charge is 0.135 e. The Morgan fingerprint density at radius 1 is 0.414 bits per heavy atom. The Morgan fingerprint density at radius 2 is 1.07 bits per heavy atom. The first-order chi connectivity index (χ1) is 28.8. The molecule has 3 aromatic heterocycles. The van der Waals surface area contributed by atoms with Gasteiger partial charge < -0.3 is 13.9 Å². The monoisotopic (exact) mass is 758 g/mol. The van der Waals surface area contributed by atoms with Crippen LogP contribution in [-0.4, -0.2) is 4.57 Å². The molecule has 0 spiro atoms. The average molecular weight is 759 g/mol. The molecule has 0 radical (unpaired) electrons. The first-order valence-electron chi connectivity index (χ1n) is 19.7. The topological polar surface area (TPSA) is 21.3 Å². The third kappa shape index (κ3) is 5.12. The first kappa shape index (κ1) is 32.8. The molecule has 12 rings (SSSR count). The number of para-hydroxylation sites is 3. The fourth-order valence-electron chi connectivity index (χ4n) is 8.96. The van der Waals surface area contributed by atoms with Gasteiger partial charge in [-0.25, -0.2) is 0 Å². The van der Waals surface area contributed by atoms with Crippen molar-refractivity contribution >= 4 is 92.3 Å². The van der Waals surface area contributed by atoms with Crippen molar-refractivity contribution < 1.29 is 4.42 Å². The minimum Gasteiger partial charge on any atom is -0.456 e. The molecule has 58 heavy (non-hydrogen) atoms. The minimum atomic E-state index is 0.878. The third-order valence-corrected chi connectivity index (χ3v) is 12.8. The Labute approximate surface area is 338 Å². The second-order valence-corrected chi connectivity index (χ2v) is 15.9. The van der Waals surface area contributed by atoms with E-state index in [2.05, 4.69) is 210 Å². The summed E-state index contributed by atoms with van der Waals surface area (Å²) in [5.41, 5.74) is 13.4.